The predicted octanol–water partition coefficient (Wildman–Crippen LogP) is 1.27. The van der Waals surface area contributed by atoms with Crippen molar-refractivity contribution in [3.05, 3.63) is 35.4 Å². The number of fused-ring (bicyclic) bond motifs is 1. The molecule has 0 saturated carbocycles. The maximum absolute atomic E-state index is 13.1. The van der Waals surface area contributed by atoms with Crippen LogP contribution in [0.4, 0.5) is 4.79 Å². The lowest BCUT2D eigenvalue weighted by molar-refractivity contribution is -0.139. The normalized spacial score (nSPS) is 27.1. The van der Waals surface area contributed by atoms with E-state index in [1.165, 1.54) is 11.1 Å². The molecule has 0 radical (unpaired) electrons. The maximum Gasteiger partial charge on any atom is 0.322 e. The van der Waals surface area contributed by atoms with Crippen LogP contribution >= 0.6 is 0 Å². The van der Waals surface area contributed by atoms with Crippen LogP contribution in [0.15, 0.2) is 24.3 Å². The molecule has 0 unspecified atom stereocenters. The maximum atomic E-state index is 13.1. The average molecular weight is 384 g/mol. The number of benzene rings is 1. The van der Waals surface area contributed by atoms with E-state index >= 15 is 0 Å². The summed E-state index contributed by atoms with van der Waals surface area (Å²) in [5.74, 6) is -0.0642. The van der Waals surface area contributed by atoms with E-state index in [0.717, 1.165) is 19.5 Å². The molecule has 2 fully saturated rings. The summed E-state index contributed by atoms with van der Waals surface area (Å²) in [6.07, 6.45) is 2.40. The molecule has 28 heavy (non-hydrogen) atoms. The van der Waals surface area contributed by atoms with Crippen molar-refractivity contribution < 1.29 is 14.4 Å². The van der Waals surface area contributed by atoms with Crippen LogP contribution in [0, 0.1) is 5.92 Å². The molecule has 0 aliphatic carbocycles. The van der Waals surface area contributed by atoms with E-state index in [1.54, 1.807) is 6.92 Å². The summed E-state index contributed by atoms with van der Waals surface area (Å²) in [6, 6.07) is 7.85. The van der Waals surface area contributed by atoms with Crippen LogP contribution < -0.4 is 10.6 Å². The second-order valence-corrected chi connectivity index (χ2v) is 8.38. The number of hydrogen-bond donors (Lipinski definition) is 2. The van der Waals surface area contributed by atoms with Gasteiger partial charge in [0.2, 0.25) is 5.91 Å². The zero-order valence-corrected chi connectivity index (χ0v) is 16.5. The molecule has 2 atom stereocenters. The smallest absolute Gasteiger partial charge is 0.322 e. The quantitative estimate of drug-likeness (QED) is 0.769. The molecule has 0 spiro atoms. The van der Waals surface area contributed by atoms with E-state index in [2.05, 4.69) is 39.8 Å². The zero-order valence-electron chi connectivity index (χ0n) is 16.5. The second-order valence-electron chi connectivity index (χ2n) is 8.38. The summed E-state index contributed by atoms with van der Waals surface area (Å²) in [5, 5.41) is 5.10. The summed E-state index contributed by atoms with van der Waals surface area (Å²) >= 11 is 0. The molecule has 150 valence electrons. The number of urea groups is 1. The summed E-state index contributed by atoms with van der Waals surface area (Å²) in [7, 11) is 0. The molecule has 7 heteroatoms. The van der Waals surface area contributed by atoms with Gasteiger partial charge in [-0.05, 0) is 50.2 Å². The summed E-state index contributed by atoms with van der Waals surface area (Å²) in [4.78, 5) is 40.9. The Bertz CT molecular complexity index is 803. The molecule has 3 aliphatic heterocycles. The van der Waals surface area contributed by atoms with Crippen LogP contribution in [-0.4, -0.2) is 58.9 Å². The largest absolute Gasteiger partial charge is 0.341 e. The molecular weight excluding hydrogens is 356 g/mol. The van der Waals surface area contributed by atoms with Gasteiger partial charge in [0.1, 0.15) is 5.54 Å². The number of carbonyl (C=O) groups is 3. The fourth-order valence-electron chi connectivity index (χ4n) is 4.79. The number of imide groups is 1. The van der Waals surface area contributed by atoms with Crippen molar-refractivity contribution in [2.24, 2.45) is 5.92 Å². The van der Waals surface area contributed by atoms with Crippen LogP contribution in [0.25, 0.3) is 0 Å². The summed E-state index contributed by atoms with van der Waals surface area (Å²) in [5.41, 5.74) is 1.82. The van der Waals surface area contributed by atoms with Gasteiger partial charge in [0.15, 0.2) is 0 Å². The van der Waals surface area contributed by atoms with Gasteiger partial charge in [0, 0.05) is 26.2 Å². The molecular formula is C21H28N4O3. The fraction of sp³-hybridized carbons (Fsp3) is 0.571. The van der Waals surface area contributed by atoms with Crippen LogP contribution in [0.3, 0.4) is 0 Å². The van der Waals surface area contributed by atoms with Gasteiger partial charge in [0.25, 0.3) is 5.91 Å². The number of carbonyl (C=O) groups excluding carboxylic acids is 3. The Morgan fingerprint density at radius 1 is 1.14 bits per heavy atom. The Morgan fingerprint density at radius 3 is 2.46 bits per heavy atom. The van der Waals surface area contributed by atoms with Crippen LogP contribution in [0.5, 0.6) is 0 Å². The monoisotopic (exact) mass is 384 g/mol. The number of rotatable bonds is 3. The Kier molecular flexibility index (Phi) is 4.87. The fourth-order valence-corrected chi connectivity index (χ4v) is 4.79. The predicted molar refractivity (Wildman–Crippen MR) is 104 cm³/mol. The molecule has 2 saturated heterocycles. The molecule has 4 rings (SSSR count). The number of amides is 4. The molecule has 3 aliphatic rings. The van der Waals surface area contributed by atoms with Crippen LogP contribution in [0.1, 0.15) is 37.8 Å². The third-order valence-corrected chi connectivity index (χ3v) is 6.76. The Labute approximate surface area is 165 Å². The van der Waals surface area contributed by atoms with E-state index in [-0.39, 0.29) is 23.8 Å². The standard InChI is InChI=1S/C21H28N4O3/c1-14(25-10-7-15-5-3-4-6-16(15)13-25)18(26)24-11-8-17(9-12-24)21(2)19(27)22-20(28)23-21/h3-6,14,17H,7-13H2,1-2H3,(H2,22,23,27,28)/t14-,21-/m0/s1. The molecule has 2 N–H and O–H groups in total. The van der Waals surface area contributed by atoms with Crippen molar-refractivity contribution in [2.75, 3.05) is 19.6 Å². The highest BCUT2D eigenvalue weighted by atomic mass is 16.2. The van der Waals surface area contributed by atoms with Crippen molar-refractivity contribution in [3.8, 4) is 0 Å². The minimum atomic E-state index is -0.867. The number of nitrogens with zero attached hydrogens (tertiary/aromatic N) is 2. The topological polar surface area (TPSA) is 81.8 Å². The van der Waals surface area contributed by atoms with Crippen LogP contribution in [-0.2, 0) is 22.6 Å². The molecule has 7 nitrogen and oxygen atoms in total. The Morgan fingerprint density at radius 2 is 1.82 bits per heavy atom. The van der Waals surface area contributed by atoms with Crippen molar-refractivity contribution in [3.63, 3.8) is 0 Å². The molecule has 4 amide bonds. The Hall–Kier alpha value is -2.41. The van der Waals surface area contributed by atoms with Gasteiger partial charge in [0.05, 0.1) is 6.04 Å². The van der Waals surface area contributed by atoms with Gasteiger partial charge in [-0.25, -0.2) is 4.79 Å². The second kappa shape index (κ2) is 7.20. The van der Waals surface area contributed by atoms with Crippen molar-refractivity contribution in [1.29, 1.82) is 0 Å². The third kappa shape index (κ3) is 3.28. The zero-order chi connectivity index (χ0) is 19.9. The van der Waals surface area contributed by atoms with E-state index in [4.69, 9.17) is 0 Å². The highest BCUT2D eigenvalue weighted by Crippen LogP contribution is 2.31. The van der Waals surface area contributed by atoms with Crippen molar-refractivity contribution in [2.45, 2.75) is 51.2 Å². The summed E-state index contributed by atoms with van der Waals surface area (Å²) in [6.45, 7) is 6.72. The molecule has 3 heterocycles. The summed E-state index contributed by atoms with van der Waals surface area (Å²) < 4.78 is 0. The van der Waals surface area contributed by atoms with Crippen molar-refractivity contribution >= 4 is 17.8 Å². The number of piperidine rings is 1. The van der Waals surface area contributed by atoms with Crippen molar-refractivity contribution in [1.82, 2.24) is 20.4 Å². The first kappa shape index (κ1) is 18.9. The molecule has 0 bridgehead atoms. The lowest BCUT2D eigenvalue weighted by atomic mass is 9.79. The van der Waals surface area contributed by atoms with Gasteiger partial charge in [-0.3, -0.25) is 19.8 Å². The average Bonchev–Trinajstić information content (AvgIpc) is 2.99. The van der Waals surface area contributed by atoms with E-state index in [9.17, 15) is 14.4 Å². The highest BCUT2D eigenvalue weighted by Gasteiger charge is 2.49. The minimum Gasteiger partial charge on any atom is -0.341 e. The highest BCUT2D eigenvalue weighted by molar-refractivity contribution is 6.07. The number of hydrogen-bond acceptors (Lipinski definition) is 4. The third-order valence-electron chi connectivity index (χ3n) is 6.76. The minimum absolute atomic E-state index is 0.0418. The molecule has 1 aromatic carbocycles. The van der Waals surface area contributed by atoms with Gasteiger partial charge in [-0.15, -0.1) is 0 Å². The van der Waals surface area contributed by atoms with Gasteiger partial charge < -0.3 is 10.2 Å². The van der Waals surface area contributed by atoms with E-state index in [1.807, 2.05) is 11.8 Å². The first-order chi connectivity index (χ1) is 13.4. The van der Waals surface area contributed by atoms with E-state index in [0.29, 0.717) is 25.9 Å². The SMILES string of the molecule is C[C@@H](C(=O)N1CCC([C@]2(C)NC(=O)NC2=O)CC1)N1CCc2ccccc2C1. The lowest BCUT2D eigenvalue weighted by Crippen LogP contribution is -2.56. The number of likely N-dealkylation sites (tertiary alicyclic amines) is 1. The first-order valence-corrected chi connectivity index (χ1v) is 10.1. The number of nitrogens with one attached hydrogen (secondary N) is 2. The molecule has 1 aromatic rings. The lowest BCUT2D eigenvalue weighted by Gasteiger charge is -2.41. The van der Waals surface area contributed by atoms with Gasteiger partial charge in [-0.2, -0.15) is 0 Å². The Balaban J connectivity index is 1.35. The molecule has 0 aromatic heterocycles. The van der Waals surface area contributed by atoms with E-state index < -0.39 is 11.6 Å². The van der Waals surface area contributed by atoms with Gasteiger partial charge >= 0.3 is 6.03 Å². The van der Waals surface area contributed by atoms with Crippen LogP contribution in [0.2, 0.25) is 0 Å². The first-order valence-electron chi connectivity index (χ1n) is 10.1. The van der Waals surface area contributed by atoms with Gasteiger partial charge in [-0.1, -0.05) is 24.3 Å².